The van der Waals surface area contributed by atoms with Crippen LogP contribution in [0.5, 0.6) is 5.75 Å². The first-order valence-corrected chi connectivity index (χ1v) is 6.87. The number of carbonyl (C=O) groups is 2. The summed E-state index contributed by atoms with van der Waals surface area (Å²) in [4.78, 5) is 26.1. The number of anilines is 1. The SMILES string of the molecule is COc1cc(N2CCN(C(=O)O)C(C)C2)ccc1C(C)=O. The summed E-state index contributed by atoms with van der Waals surface area (Å²) < 4.78 is 5.27. The number of carbonyl (C=O) groups excluding carboxylic acids is 1. The number of carboxylic acid groups (broad SMARTS) is 1. The Bertz CT molecular complexity index is 559. The molecule has 1 fully saturated rings. The van der Waals surface area contributed by atoms with Crippen LogP contribution >= 0.6 is 0 Å². The van der Waals surface area contributed by atoms with Crippen molar-refractivity contribution in [2.45, 2.75) is 19.9 Å². The van der Waals surface area contributed by atoms with E-state index in [0.29, 0.717) is 30.9 Å². The zero-order valence-electron chi connectivity index (χ0n) is 12.5. The maximum atomic E-state index is 11.5. The molecule has 1 N–H and O–H groups in total. The minimum Gasteiger partial charge on any atom is -0.496 e. The molecule has 0 radical (unpaired) electrons. The maximum Gasteiger partial charge on any atom is 0.407 e. The van der Waals surface area contributed by atoms with Gasteiger partial charge in [0.05, 0.1) is 12.7 Å². The molecule has 0 aliphatic carbocycles. The van der Waals surface area contributed by atoms with E-state index in [4.69, 9.17) is 9.84 Å². The van der Waals surface area contributed by atoms with Gasteiger partial charge >= 0.3 is 6.09 Å². The van der Waals surface area contributed by atoms with Crippen LogP contribution in [-0.2, 0) is 0 Å². The Kier molecular flexibility index (Phi) is 4.35. The lowest BCUT2D eigenvalue weighted by Crippen LogP contribution is -2.53. The molecule has 1 aliphatic heterocycles. The number of piperazine rings is 1. The number of hydrogen-bond donors (Lipinski definition) is 1. The number of nitrogens with zero attached hydrogens (tertiary/aromatic N) is 2. The Morgan fingerprint density at radius 1 is 1.33 bits per heavy atom. The van der Waals surface area contributed by atoms with Crippen LogP contribution < -0.4 is 9.64 Å². The number of ether oxygens (including phenoxy) is 1. The lowest BCUT2D eigenvalue weighted by molar-refractivity contribution is 0.101. The van der Waals surface area contributed by atoms with E-state index < -0.39 is 6.09 Å². The van der Waals surface area contributed by atoms with Crippen molar-refractivity contribution in [2.75, 3.05) is 31.6 Å². The standard InChI is InChI=1S/C15H20N2O4/c1-10-9-16(6-7-17(10)15(19)20)12-4-5-13(11(2)18)14(8-12)21-3/h4-5,8,10H,6-7,9H2,1-3H3,(H,19,20). The van der Waals surface area contributed by atoms with Crippen LogP contribution in [0, 0.1) is 0 Å². The van der Waals surface area contributed by atoms with E-state index in [-0.39, 0.29) is 11.8 Å². The van der Waals surface area contributed by atoms with Gasteiger partial charge in [-0.25, -0.2) is 4.79 Å². The molecular weight excluding hydrogens is 272 g/mol. The molecule has 1 aromatic rings. The first-order chi connectivity index (χ1) is 9.93. The average Bonchev–Trinajstić information content (AvgIpc) is 2.45. The summed E-state index contributed by atoms with van der Waals surface area (Å²) in [5.74, 6) is 0.510. The zero-order valence-corrected chi connectivity index (χ0v) is 12.5. The third-order valence-corrected chi connectivity index (χ3v) is 3.80. The highest BCUT2D eigenvalue weighted by molar-refractivity contribution is 5.97. The van der Waals surface area contributed by atoms with Gasteiger partial charge in [-0.3, -0.25) is 4.79 Å². The Morgan fingerprint density at radius 3 is 2.57 bits per heavy atom. The van der Waals surface area contributed by atoms with Crippen molar-refractivity contribution in [3.8, 4) is 5.75 Å². The van der Waals surface area contributed by atoms with E-state index >= 15 is 0 Å². The normalized spacial score (nSPS) is 18.5. The van der Waals surface area contributed by atoms with E-state index in [2.05, 4.69) is 4.90 Å². The van der Waals surface area contributed by atoms with Gasteiger partial charge in [0.15, 0.2) is 5.78 Å². The van der Waals surface area contributed by atoms with Gasteiger partial charge in [0.1, 0.15) is 5.75 Å². The van der Waals surface area contributed by atoms with Gasteiger partial charge in [-0.1, -0.05) is 0 Å². The molecule has 0 spiro atoms. The molecule has 114 valence electrons. The molecular formula is C15H20N2O4. The molecule has 1 unspecified atom stereocenters. The second kappa shape index (κ2) is 6.03. The Labute approximate surface area is 123 Å². The van der Waals surface area contributed by atoms with Gasteiger partial charge in [-0.15, -0.1) is 0 Å². The molecule has 1 amide bonds. The minimum absolute atomic E-state index is 0.0394. The predicted octanol–water partition coefficient (Wildman–Crippen LogP) is 2.09. The highest BCUT2D eigenvalue weighted by atomic mass is 16.5. The number of rotatable bonds is 3. The number of benzene rings is 1. The summed E-state index contributed by atoms with van der Waals surface area (Å²) in [5.41, 5.74) is 1.49. The summed E-state index contributed by atoms with van der Waals surface area (Å²) >= 11 is 0. The first-order valence-electron chi connectivity index (χ1n) is 6.87. The predicted molar refractivity (Wildman–Crippen MR) is 79.4 cm³/mol. The topological polar surface area (TPSA) is 70.1 Å². The number of Topliss-reactive ketones (excluding diaryl/α,β-unsaturated/α-hetero) is 1. The molecule has 0 aromatic heterocycles. The van der Waals surface area contributed by atoms with Crippen molar-refractivity contribution in [3.63, 3.8) is 0 Å². The summed E-state index contributed by atoms with van der Waals surface area (Å²) in [6, 6.07) is 5.39. The molecule has 0 saturated carbocycles. The van der Waals surface area contributed by atoms with Crippen molar-refractivity contribution in [2.24, 2.45) is 0 Å². The van der Waals surface area contributed by atoms with E-state index in [1.165, 1.54) is 18.9 Å². The molecule has 1 saturated heterocycles. The second-order valence-corrected chi connectivity index (χ2v) is 5.21. The number of methoxy groups -OCH3 is 1. The molecule has 1 aliphatic rings. The van der Waals surface area contributed by atoms with Crippen LogP contribution in [0.15, 0.2) is 18.2 Å². The minimum atomic E-state index is -0.883. The summed E-state index contributed by atoms with van der Waals surface area (Å²) in [7, 11) is 1.54. The fraction of sp³-hybridized carbons (Fsp3) is 0.467. The smallest absolute Gasteiger partial charge is 0.407 e. The summed E-state index contributed by atoms with van der Waals surface area (Å²) in [6.45, 7) is 5.11. The molecule has 6 heteroatoms. The van der Waals surface area contributed by atoms with Crippen LogP contribution in [0.25, 0.3) is 0 Å². The van der Waals surface area contributed by atoms with Crippen LogP contribution in [0.3, 0.4) is 0 Å². The van der Waals surface area contributed by atoms with Crippen molar-refractivity contribution < 1.29 is 19.4 Å². The van der Waals surface area contributed by atoms with Crippen molar-refractivity contribution in [3.05, 3.63) is 23.8 Å². The van der Waals surface area contributed by atoms with Crippen LogP contribution in [0.1, 0.15) is 24.2 Å². The van der Waals surface area contributed by atoms with Gasteiger partial charge in [-0.2, -0.15) is 0 Å². The Morgan fingerprint density at radius 2 is 2.05 bits per heavy atom. The fourth-order valence-electron chi connectivity index (χ4n) is 2.64. The quantitative estimate of drug-likeness (QED) is 0.864. The first kappa shape index (κ1) is 15.2. The Hall–Kier alpha value is -2.24. The Balaban J connectivity index is 2.20. The third-order valence-electron chi connectivity index (χ3n) is 3.80. The lowest BCUT2D eigenvalue weighted by atomic mass is 10.1. The monoisotopic (exact) mass is 292 g/mol. The number of ketones is 1. The fourth-order valence-corrected chi connectivity index (χ4v) is 2.64. The summed E-state index contributed by atoms with van der Waals surface area (Å²) in [5, 5.41) is 9.10. The molecule has 1 heterocycles. The van der Waals surface area contributed by atoms with Gasteiger partial charge < -0.3 is 19.6 Å². The lowest BCUT2D eigenvalue weighted by Gasteiger charge is -2.39. The molecule has 6 nitrogen and oxygen atoms in total. The number of hydrogen-bond acceptors (Lipinski definition) is 4. The van der Waals surface area contributed by atoms with E-state index in [0.717, 1.165) is 5.69 Å². The van der Waals surface area contributed by atoms with E-state index in [1.54, 1.807) is 6.07 Å². The maximum absolute atomic E-state index is 11.5. The van der Waals surface area contributed by atoms with Gasteiger partial charge in [0.25, 0.3) is 0 Å². The molecule has 21 heavy (non-hydrogen) atoms. The molecule has 1 aromatic carbocycles. The second-order valence-electron chi connectivity index (χ2n) is 5.21. The van der Waals surface area contributed by atoms with Crippen molar-refractivity contribution in [1.29, 1.82) is 0 Å². The molecule has 0 bridgehead atoms. The van der Waals surface area contributed by atoms with Gasteiger partial charge in [0.2, 0.25) is 0 Å². The van der Waals surface area contributed by atoms with Crippen LogP contribution in [-0.4, -0.2) is 54.7 Å². The van der Waals surface area contributed by atoms with Crippen molar-refractivity contribution in [1.82, 2.24) is 4.90 Å². The van der Waals surface area contributed by atoms with Gasteiger partial charge in [-0.05, 0) is 26.0 Å². The van der Waals surface area contributed by atoms with Crippen molar-refractivity contribution >= 4 is 17.6 Å². The summed E-state index contributed by atoms with van der Waals surface area (Å²) in [6.07, 6.45) is -0.883. The largest absolute Gasteiger partial charge is 0.496 e. The number of amides is 1. The zero-order chi connectivity index (χ0) is 15.6. The van der Waals surface area contributed by atoms with E-state index in [1.807, 2.05) is 19.1 Å². The van der Waals surface area contributed by atoms with Gasteiger partial charge in [0, 0.05) is 37.4 Å². The average molecular weight is 292 g/mol. The highest BCUT2D eigenvalue weighted by Gasteiger charge is 2.27. The third kappa shape index (κ3) is 3.09. The van der Waals surface area contributed by atoms with E-state index in [9.17, 15) is 9.59 Å². The highest BCUT2D eigenvalue weighted by Crippen LogP contribution is 2.27. The molecule has 2 rings (SSSR count). The van der Waals surface area contributed by atoms with Crippen LogP contribution in [0.4, 0.5) is 10.5 Å². The molecule has 1 atom stereocenters. The van der Waals surface area contributed by atoms with Crippen LogP contribution in [0.2, 0.25) is 0 Å².